The fourth-order valence-corrected chi connectivity index (χ4v) is 6.20. The molecule has 2 aromatic carbocycles. The Bertz CT molecular complexity index is 1100. The van der Waals surface area contributed by atoms with Crippen molar-refractivity contribution >= 4 is 56.7 Å². The summed E-state index contributed by atoms with van der Waals surface area (Å²) < 4.78 is 30.7. The molecule has 0 saturated heterocycles. The van der Waals surface area contributed by atoms with Crippen molar-refractivity contribution in [2.45, 2.75) is 30.8 Å². The van der Waals surface area contributed by atoms with E-state index in [0.29, 0.717) is 11.3 Å². The summed E-state index contributed by atoms with van der Waals surface area (Å²) in [5.41, 5.74) is 1.02. The third-order valence-electron chi connectivity index (χ3n) is 4.71. The van der Waals surface area contributed by atoms with Gasteiger partial charge >= 0.3 is 7.60 Å². The average molecular weight is 496 g/mol. The molecule has 32 heavy (non-hydrogen) atoms. The number of aromatic nitrogens is 1. The molecule has 3 atom stereocenters. The molecule has 8 nitrogen and oxygen atoms in total. The van der Waals surface area contributed by atoms with E-state index in [0.717, 1.165) is 21.0 Å². The molecule has 172 valence electrons. The largest absolute Gasteiger partial charge is 0.354 e. The van der Waals surface area contributed by atoms with Crippen LogP contribution in [0.5, 0.6) is 0 Å². The Morgan fingerprint density at radius 2 is 1.94 bits per heavy atom. The topological polar surface area (TPSA) is 118 Å². The first-order valence-corrected chi connectivity index (χ1v) is 13.9. The summed E-state index contributed by atoms with van der Waals surface area (Å²) in [4.78, 5) is 27.2. The van der Waals surface area contributed by atoms with Crippen LogP contribution in [-0.2, 0) is 24.7 Å². The second kappa shape index (κ2) is 11.2. The van der Waals surface area contributed by atoms with Gasteiger partial charge in [0, 0.05) is 17.1 Å². The minimum atomic E-state index is -3.80. The standard InChI is InChI=1S/C21H26N3O5PS2/c1-3-16(30(26,27)29-4-2)13-22-20(25)14-32(28)17-11-9-15(10-12-17)23-21-24-18-7-5-6-8-19(18)31-21/h5-12,16H,3-4,13-14H2,1-2H3,(H,22,25)(H,23,24)(H,26,27). The van der Waals surface area contributed by atoms with Gasteiger partial charge in [0.15, 0.2) is 5.13 Å². The molecule has 11 heteroatoms. The lowest BCUT2D eigenvalue weighted by molar-refractivity contribution is -0.118. The lowest BCUT2D eigenvalue weighted by atomic mass is 10.3. The second-order valence-electron chi connectivity index (χ2n) is 6.97. The van der Waals surface area contributed by atoms with Gasteiger partial charge in [-0.25, -0.2) is 4.98 Å². The summed E-state index contributed by atoms with van der Waals surface area (Å²) in [5, 5.41) is 6.59. The van der Waals surface area contributed by atoms with Crippen LogP contribution in [0.15, 0.2) is 53.4 Å². The number of thiazole rings is 1. The molecule has 0 aliphatic heterocycles. The number of benzene rings is 2. The zero-order valence-electron chi connectivity index (χ0n) is 17.8. The van der Waals surface area contributed by atoms with Gasteiger partial charge in [-0.05, 0) is 49.7 Å². The SMILES string of the molecule is CCOP(=O)(O)C(CC)CNC(=O)CS(=O)c1ccc(Nc2nc3ccccc3s2)cc1. The summed E-state index contributed by atoms with van der Waals surface area (Å²) in [6, 6.07) is 14.8. The van der Waals surface area contributed by atoms with Crippen LogP contribution in [0.4, 0.5) is 10.8 Å². The van der Waals surface area contributed by atoms with E-state index >= 15 is 0 Å². The summed E-state index contributed by atoms with van der Waals surface area (Å²) in [7, 11) is -5.34. The van der Waals surface area contributed by atoms with Crippen molar-refractivity contribution in [2.24, 2.45) is 0 Å². The first-order chi connectivity index (χ1) is 15.3. The molecule has 0 aliphatic carbocycles. The van der Waals surface area contributed by atoms with Crippen LogP contribution >= 0.6 is 18.9 Å². The average Bonchev–Trinajstić information content (AvgIpc) is 3.16. The van der Waals surface area contributed by atoms with Crippen LogP contribution in [0.1, 0.15) is 20.3 Å². The van der Waals surface area contributed by atoms with Crippen molar-refractivity contribution in [1.29, 1.82) is 0 Å². The number of nitrogens with zero attached hydrogens (tertiary/aromatic N) is 1. The number of fused-ring (bicyclic) bond motifs is 1. The molecular weight excluding hydrogens is 469 g/mol. The van der Waals surface area contributed by atoms with Gasteiger partial charge in [0.05, 0.1) is 33.3 Å². The number of rotatable bonds is 11. The lowest BCUT2D eigenvalue weighted by Crippen LogP contribution is -2.35. The van der Waals surface area contributed by atoms with Crippen LogP contribution in [0.3, 0.4) is 0 Å². The number of hydrogen-bond acceptors (Lipinski definition) is 7. The van der Waals surface area contributed by atoms with E-state index in [2.05, 4.69) is 15.6 Å². The Balaban J connectivity index is 1.53. The highest BCUT2D eigenvalue weighted by Crippen LogP contribution is 2.48. The van der Waals surface area contributed by atoms with Gasteiger partial charge in [-0.3, -0.25) is 13.6 Å². The van der Waals surface area contributed by atoms with Crippen molar-refractivity contribution in [1.82, 2.24) is 10.3 Å². The maximum Gasteiger partial charge on any atom is 0.332 e. The highest BCUT2D eigenvalue weighted by molar-refractivity contribution is 7.85. The highest BCUT2D eigenvalue weighted by atomic mass is 32.2. The van der Waals surface area contributed by atoms with Gasteiger partial charge in [0.25, 0.3) is 0 Å². The van der Waals surface area contributed by atoms with Gasteiger partial charge < -0.3 is 20.1 Å². The number of carbonyl (C=O) groups is 1. The van der Waals surface area contributed by atoms with E-state index in [1.54, 1.807) is 49.4 Å². The Hall–Kier alpha value is -2.10. The molecule has 0 aliphatic rings. The van der Waals surface area contributed by atoms with Gasteiger partial charge in [-0.2, -0.15) is 0 Å². The van der Waals surface area contributed by atoms with Crippen LogP contribution in [0.25, 0.3) is 10.2 Å². The van der Waals surface area contributed by atoms with Crippen molar-refractivity contribution < 1.29 is 23.0 Å². The Labute approximate surface area is 193 Å². The first kappa shape index (κ1) is 24.5. The maximum atomic E-state index is 12.5. The summed E-state index contributed by atoms with van der Waals surface area (Å²) in [6.45, 7) is 3.50. The Morgan fingerprint density at radius 1 is 1.22 bits per heavy atom. The monoisotopic (exact) mass is 495 g/mol. The quantitative estimate of drug-likeness (QED) is 0.340. The molecule has 3 aromatic rings. The van der Waals surface area contributed by atoms with Crippen molar-refractivity contribution in [2.75, 3.05) is 24.2 Å². The molecule has 1 aromatic heterocycles. The third kappa shape index (κ3) is 6.46. The van der Waals surface area contributed by atoms with Gasteiger partial charge in [0.2, 0.25) is 5.91 Å². The van der Waals surface area contributed by atoms with Gasteiger partial charge in [0.1, 0.15) is 5.75 Å². The fourth-order valence-electron chi connectivity index (χ4n) is 3.01. The van der Waals surface area contributed by atoms with Crippen molar-refractivity contribution in [3.05, 3.63) is 48.5 Å². The van der Waals surface area contributed by atoms with E-state index in [1.165, 1.54) is 0 Å². The molecular formula is C21H26N3O5PS2. The molecule has 3 unspecified atom stereocenters. The maximum absolute atomic E-state index is 12.5. The lowest BCUT2D eigenvalue weighted by Gasteiger charge is -2.21. The number of hydrogen-bond donors (Lipinski definition) is 3. The van der Waals surface area contributed by atoms with E-state index in [1.807, 2.05) is 24.3 Å². The molecule has 1 amide bonds. The number of para-hydroxylation sites is 1. The van der Waals surface area contributed by atoms with Crippen LogP contribution < -0.4 is 10.6 Å². The number of amides is 1. The minimum absolute atomic E-state index is 0.00860. The molecule has 1 heterocycles. The third-order valence-corrected chi connectivity index (χ3v) is 9.08. The molecule has 0 bridgehead atoms. The Kier molecular flexibility index (Phi) is 8.56. The van der Waals surface area contributed by atoms with Crippen LogP contribution in [0.2, 0.25) is 0 Å². The summed E-state index contributed by atoms with van der Waals surface area (Å²) in [6.07, 6.45) is 0.375. The molecule has 0 spiro atoms. The van der Waals surface area contributed by atoms with Crippen LogP contribution in [0, 0.1) is 0 Å². The molecule has 3 rings (SSSR count). The fraction of sp³-hybridized carbons (Fsp3) is 0.333. The first-order valence-electron chi connectivity index (χ1n) is 10.2. The number of carbonyl (C=O) groups excluding carboxylic acids is 1. The number of anilines is 2. The predicted molar refractivity (Wildman–Crippen MR) is 129 cm³/mol. The van der Waals surface area contributed by atoms with Gasteiger partial charge in [-0.15, -0.1) is 0 Å². The molecule has 0 fully saturated rings. The van der Waals surface area contributed by atoms with E-state index in [9.17, 15) is 18.5 Å². The van der Waals surface area contributed by atoms with Crippen molar-refractivity contribution in [3.8, 4) is 0 Å². The van der Waals surface area contributed by atoms with E-state index in [4.69, 9.17) is 4.52 Å². The Morgan fingerprint density at radius 3 is 2.59 bits per heavy atom. The normalized spacial score (nSPS) is 15.1. The zero-order chi connectivity index (χ0) is 23.1. The second-order valence-corrected chi connectivity index (χ2v) is 11.6. The molecule has 3 N–H and O–H groups in total. The van der Waals surface area contributed by atoms with E-state index < -0.39 is 30.0 Å². The van der Waals surface area contributed by atoms with Crippen LogP contribution in [-0.4, -0.2) is 44.6 Å². The zero-order valence-corrected chi connectivity index (χ0v) is 20.3. The summed E-state index contributed by atoms with van der Waals surface area (Å²) >= 11 is 1.54. The minimum Gasteiger partial charge on any atom is -0.354 e. The number of nitrogens with one attached hydrogen (secondary N) is 2. The highest BCUT2D eigenvalue weighted by Gasteiger charge is 2.30. The van der Waals surface area contributed by atoms with Gasteiger partial charge in [-0.1, -0.05) is 30.4 Å². The molecule has 0 saturated carbocycles. The smallest absolute Gasteiger partial charge is 0.332 e. The van der Waals surface area contributed by atoms with E-state index in [-0.39, 0.29) is 18.9 Å². The summed E-state index contributed by atoms with van der Waals surface area (Å²) in [5.74, 6) is -0.680. The van der Waals surface area contributed by atoms with Crippen molar-refractivity contribution in [3.63, 3.8) is 0 Å². The molecule has 0 radical (unpaired) electrons. The predicted octanol–water partition coefficient (Wildman–Crippen LogP) is 4.26.